The molecule has 5 nitrogen and oxygen atoms in total. The molecule has 0 saturated heterocycles. The Kier molecular flexibility index (Phi) is 7.11. The third-order valence-corrected chi connectivity index (χ3v) is 4.54. The zero-order chi connectivity index (χ0) is 20.6. The topological polar surface area (TPSA) is 59.9 Å². The van der Waals surface area contributed by atoms with Gasteiger partial charge in [-0.3, -0.25) is 4.79 Å². The van der Waals surface area contributed by atoms with Gasteiger partial charge in [-0.2, -0.15) is 5.10 Å². The average Bonchev–Trinajstić information content (AvgIpc) is 2.73. The number of hydrogen-bond acceptors (Lipinski definition) is 4. The number of carbonyl (C=O) groups excluding carboxylic acids is 1. The molecule has 0 radical (unpaired) electrons. The molecule has 0 bridgehead atoms. The largest absolute Gasteiger partial charge is 0.496 e. The molecule has 0 atom stereocenters. The van der Waals surface area contributed by atoms with Crippen molar-refractivity contribution in [2.24, 2.45) is 5.10 Å². The summed E-state index contributed by atoms with van der Waals surface area (Å²) in [6.45, 7) is 0.267. The summed E-state index contributed by atoms with van der Waals surface area (Å²) in [5, 5.41) is 5.03. The molecule has 0 aliphatic heterocycles. The summed E-state index contributed by atoms with van der Waals surface area (Å²) in [4.78, 5) is 12.1. The van der Waals surface area contributed by atoms with Gasteiger partial charge in [-0.1, -0.05) is 41.4 Å². The molecule has 3 aromatic rings. The summed E-state index contributed by atoms with van der Waals surface area (Å²) in [5.41, 5.74) is 4.50. The number of para-hydroxylation sites is 1. The summed E-state index contributed by atoms with van der Waals surface area (Å²) in [7, 11) is 1.59. The molecule has 0 aliphatic carbocycles. The van der Waals surface area contributed by atoms with E-state index in [1.807, 2.05) is 30.3 Å². The molecule has 29 heavy (non-hydrogen) atoms. The normalized spacial score (nSPS) is 10.7. The second kappa shape index (κ2) is 9.96. The van der Waals surface area contributed by atoms with Crippen LogP contribution < -0.4 is 14.9 Å². The number of nitrogens with one attached hydrogen (secondary N) is 1. The monoisotopic (exact) mass is 428 g/mol. The van der Waals surface area contributed by atoms with Crippen LogP contribution in [0, 0.1) is 0 Å². The van der Waals surface area contributed by atoms with Crippen LogP contribution in [0.15, 0.2) is 71.8 Å². The van der Waals surface area contributed by atoms with Gasteiger partial charge in [-0.25, -0.2) is 5.43 Å². The number of amides is 1. The Morgan fingerprint density at radius 2 is 1.86 bits per heavy atom. The molecule has 0 aliphatic rings. The van der Waals surface area contributed by atoms with Gasteiger partial charge in [0, 0.05) is 16.1 Å². The molecule has 1 N–H and O–H groups in total. The van der Waals surface area contributed by atoms with Crippen molar-refractivity contribution < 1.29 is 14.3 Å². The number of ether oxygens (including phenoxy) is 2. The first-order valence-electron chi connectivity index (χ1n) is 8.70. The van der Waals surface area contributed by atoms with E-state index in [9.17, 15) is 4.79 Å². The highest BCUT2D eigenvalue weighted by atomic mass is 35.5. The molecular formula is C22H18Cl2N2O3. The number of halogens is 2. The van der Waals surface area contributed by atoms with Gasteiger partial charge in [0.25, 0.3) is 5.91 Å². The van der Waals surface area contributed by atoms with Crippen molar-refractivity contribution in [3.63, 3.8) is 0 Å². The number of carbonyl (C=O) groups is 1. The lowest BCUT2D eigenvalue weighted by atomic mass is 10.1. The lowest BCUT2D eigenvalue weighted by Gasteiger charge is -2.12. The van der Waals surface area contributed by atoms with Gasteiger partial charge in [-0.15, -0.1) is 0 Å². The van der Waals surface area contributed by atoms with E-state index < -0.39 is 0 Å². The van der Waals surface area contributed by atoms with Crippen LogP contribution >= 0.6 is 23.2 Å². The summed E-state index contributed by atoms with van der Waals surface area (Å²) in [6, 6.07) is 19.4. The second-order valence-electron chi connectivity index (χ2n) is 6.00. The zero-order valence-electron chi connectivity index (χ0n) is 15.6. The quantitative estimate of drug-likeness (QED) is 0.407. The summed E-state index contributed by atoms with van der Waals surface area (Å²) in [5.74, 6) is 0.917. The van der Waals surface area contributed by atoms with Crippen LogP contribution in [-0.2, 0) is 6.61 Å². The highest BCUT2D eigenvalue weighted by Crippen LogP contribution is 2.26. The summed E-state index contributed by atoms with van der Waals surface area (Å²) in [6.07, 6.45) is 1.54. The average molecular weight is 429 g/mol. The van der Waals surface area contributed by atoms with Crippen LogP contribution in [0.4, 0.5) is 0 Å². The molecule has 0 spiro atoms. The molecule has 0 fully saturated rings. The number of hydrogen-bond donors (Lipinski definition) is 1. The predicted molar refractivity (Wildman–Crippen MR) is 115 cm³/mol. The number of hydrazone groups is 1. The van der Waals surface area contributed by atoms with E-state index in [2.05, 4.69) is 10.5 Å². The third kappa shape index (κ3) is 5.73. The molecule has 148 valence electrons. The summed E-state index contributed by atoms with van der Waals surface area (Å²) < 4.78 is 11.2. The van der Waals surface area contributed by atoms with E-state index in [4.69, 9.17) is 32.7 Å². The van der Waals surface area contributed by atoms with Gasteiger partial charge in [-0.05, 0) is 54.1 Å². The van der Waals surface area contributed by atoms with E-state index >= 15 is 0 Å². The second-order valence-corrected chi connectivity index (χ2v) is 6.84. The van der Waals surface area contributed by atoms with E-state index in [1.54, 1.807) is 49.7 Å². The molecule has 0 unspecified atom stereocenters. The Labute approximate surface area is 178 Å². The Morgan fingerprint density at radius 1 is 1.03 bits per heavy atom. The Morgan fingerprint density at radius 3 is 2.62 bits per heavy atom. The van der Waals surface area contributed by atoms with E-state index in [1.165, 1.54) is 0 Å². The molecular weight excluding hydrogens is 411 g/mol. The number of rotatable bonds is 7. The van der Waals surface area contributed by atoms with E-state index in [-0.39, 0.29) is 12.5 Å². The maximum absolute atomic E-state index is 12.1. The van der Waals surface area contributed by atoms with Gasteiger partial charge >= 0.3 is 0 Å². The van der Waals surface area contributed by atoms with Crippen LogP contribution in [0.5, 0.6) is 11.5 Å². The van der Waals surface area contributed by atoms with Gasteiger partial charge in [0.1, 0.15) is 18.1 Å². The Hall–Kier alpha value is -3.02. The first kappa shape index (κ1) is 20.7. The minimum Gasteiger partial charge on any atom is -0.496 e. The molecule has 1 amide bonds. The summed E-state index contributed by atoms with van der Waals surface area (Å²) >= 11 is 12.0. The number of benzene rings is 3. The van der Waals surface area contributed by atoms with Crippen molar-refractivity contribution in [2.45, 2.75) is 6.61 Å². The van der Waals surface area contributed by atoms with Crippen LogP contribution in [-0.4, -0.2) is 19.2 Å². The van der Waals surface area contributed by atoms with Gasteiger partial charge in [0.2, 0.25) is 0 Å². The zero-order valence-corrected chi connectivity index (χ0v) is 17.1. The number of methoxy groups -OCH3 is 1. The smallest absolute Gasteiger partial charge is 0.271 e. The SMILES string of the molecule is COc1ccc(C=NNC(=O)c2cccc(Cl)c2)cc1COc1ccccc1Cl. The molecule has 3 aromatic carbocycles. The minimum atomic E-state index is -0.348. The molecule has 3 rings (SSSR count). The fourth-order valence-corrected chi connectivity index (χ4v) is 2.95. The Balaban J connectivity index is 1.68. The third-order valence-electron chi connectivity index (χ3n) is 3.99. The highest BCUT2D eigenvalue weighted by molar-refractivity contribution is 6.32. The number of nitrogens with zero attached hydrogens (tertiary/aromatic N) is 1. The van der Waals surface area contributed by atoms with Crippen LogP contribution in [0.25, 0.3) is 0 Å². The predicted octanol–water partition coefficient (Wildman–Crippen LogP) is 5.34. The van der Waals surface area contributed by atoms with Crippen molar-refractivity contribution in [1.29, 1.82) is 0 Å². The molecule has 0 aromatic heterocycles. The van der Waals surface area contributed by atoms with E-state index in [0.29, 0.717) is 27.1 Å². The maximum Gasteiger partial charge on any atom is 0.271 e. The van der Waals surface area contributed by atoms with Gasteiger partial charge < -0.3 is 9.47 Å². The lowest BCUT2D eigenvalue weighted by Crippen LogP contribution is -2.17. The van der Waals surface area contributed by atoms with Crippen LogP contribution in [0.2, 0.25) is 10.0 Å². The molecule has 0 saturated carbocycles. The van der Waals surface area contributed by atoms with Gasteiger partial charge in [0.05, 0.1) is 18.3 Å². The lowest BCUT2D eigenvalue weighted by molar-refractivity contribution is 0.0955. The fourth-order valence-electron chi connectivity index (χ4n) is 2.57. The molecule has 0 heterocycles. The maximum atomic E-state index is 12.1. The van der Waals surface area contributed by atoms with Crippen LogP contribution in [0.1, 0.15) is 21.5 Å². The van der Waals surface area contributed by atoms with E-state index in [0.717, 1.165) is 11.1 Å². The van der Waals surface area contributed by atoms with Crippen LogP contribution in [0.3, 0.4) is 0 Å². The van der Waals surface area contributed by atoms with Gasteiger partial charge in [0.15, 0.2) is 0 Å². The Bertz CT molecular complexity index is 1040. The van der Waals surface area contributed by atoms with Crippen molar-refractivity contribution in [3.05, 3.63) is 93.5 Å². The molecule has 7 heteroatoms. The van der Waals surface area contributed by atoms with Crippen molar-refractivity contribution in [1.82, 2.24) is 5.43 Å². The van der Waals surface area contributed by atoms with Crippen molar-refractivity contribution in [2.75, 3.05) is 7.11 Å². The minimum absolute atomic E-state index is 0.267. The standard InChI is InChI=1S/C22H18Cl2N2O3/c1-28-20-10-9-15(11-17(20)14-29-21-8-3-2-7-19(21)24)13-25-26-22(27)16-5-4-6-18(23)12-16/h2-13H,14H2,1H3,(H,26,27). The first-order valence-corrected chi connectivity index (χ1v) is 9.45. The van der Waals surface area contributed by atoms with Crippen molar-refractivity contribution >= 4 is 35.3 Å². The van der Waals surface area contributed by atoms with Crippen molar-refractivity contribution in [3.8, 4) is 11.5 Å². The fraction of sp³-hybridized carbons (Fsp3) is 0.0909. The first-order chi connectivity index (χ1) is 14.1. The highest BCUT2D eigenvalue weighted by Gasteiger charge is 2.08.